The molecule has 2 N–H and O–H groups in total. The molecule has 0 aliphatic rings. The molecule has 0 unspecified atom stereocenters. The normalized spacial score (nSPS) is 10.5. The summed E-state index contributed by atoms with van der Waals surface area (Å²) in [5.41, 5.74) is 0.214. The number of thioether (sulfide) groups is 1. The minimum absolute atomic E-state index is 0.214. The lowest BCUT2D eigenvalue weighted by atomic mass is 10.2. The van der Waals surface area contributed by atoms with Crippen molar-refractivity contribution in [3.63, 3.8) is 0 Å². The molecule has 0 saturated carbocycles. The zero-order chi connectivity index (χ0) is 15.3. The van der Waals surface area contributed by atoms with Gasteiger partial charge in [-0.25, -0.2) is 4.79 Å². The molecule has 0 aliphatic heterocycles. The maximum atomic E-state index is 11.0. The molecule has 1 aromatic rings. The fourth-order valence-corrected chi connectivity index (χ4v) is 2.47. The summed E-state index contributed by atoms with van der Waals surface area (Å²) >= 11 is 1.90. The summed E-state index contributed by atoms with van der Waals surface area (Å²) in [7, 11) is 0. The summed E-state index contributed by atoms with van der Waals surface area (Å²) in [6.45, 7) is 2.21. The first-order valence-corrected chi connectivity index (χ1v) is 8.80. The van der Waals surface area contributed by atoms with Crippen LogP contribution in [0.25, 0.3) is 0 Å². The Morgan fingerprint density at radius 2 is 1.95 bits per heavy atom. The van der Waals surface area contributed by atoms with Crippen molar-refractivity contribution in [2.24, 2.45) is 0 Å². The summed E-state index contributed by atoms with van der Waals surface area (Å²) in [4.78, 5) is 11.0. The molecule has 0 spiro atoms. The number of hydrogen-bond donors (Lipinski definition) is 2. The monoisotopic (exact) mass is 311 g/mol. The molecule has 1 aromatic carbocycles. The van der Waals surface area contributed by atoms with Crippen LogP contribution in [0.4, 0.5) is 0 Å². The van der Waals surface area contributed by atoms with E-state index in [1.165, 1.54) is 31.4 Å². The van der Waals surface area contributed by atoms with Gasteiger partial charge in [0, 0.05) is 6.54 Å². The van der Waals surface area contributed by atoms with E-state index in [-0.39, 0.29) is 5.56 Å². The van der Waals surface area contributed by atoms with Crippen LogP contribution in [0.5, 0.6) is 5.75 Å². The number of para-hydroxylation sites is 1. The third-order valence-corrected chi connectivity index (χ3v) is 3.80. The van der Waals surface area contributed by atoms with E-state index in [4.69, 9.17) is 9.84 Å². The number of unbranched alkanes of at least 4 members (excludes halogenated alkanes) is 3. The average molecular weight is 311 g/mol. The van der Waals surface area contributed by atoms with Gasteiger partial charge in [-0.15, -0.1) is 0 Å². The van der Waals surface area contributed by atoms with Crippen LogP contribution in [0, 0.1) is 0 Å². The minimum Gasteiger partial charge on any atom is -0.491 e. The molecule has 1 rings (SSSR count). The van der Waals surface area contributed by atoms with Gasteiger partial charge in [-0.05, 0) is 43.5 Å². The van der Waals surface area contributed by atoms with Crippen LogP contribution >= 0.6 is 11.8 Å². The minimum atomic E-state index is -0.955. The number of hydrogen-bond acceptors (Lipinski definition) is 4. The van der Waals surface area contributed by atoms with Crippen molar-refractivity contribution in [2.75, 3.05) is 31.7 Å². The maximum absolute atomic E-state index is 11.0. The predicted octanol–water partition coefficient (Wildman–Crippen LogP) is 3.28. The smallest absolute Gasteiger partial charge is 0.339 e. The Labute approximate surface area is 131 Å². The van der Waals surface area contributed by atoms with Crippen LogP contribution in [0.2, 0.25) is 0 Å². The molecule has 0 amide bonds. The highest BCUT2D eigenvalue weighted by molar-refractivity contribution is 7.98. The Morgan fingerprint density at radius 3 is 2.71 bits per heavy atom. The molecule has 0 bridgehead atoms. The second-order valence-corrected chi connectivity index (χ2v) is 5.79. The summed E-state index contributed by atoms with van der Waals surface area (Å²) in [5.74, 6) is 0.734. The van der Waals surface area contributed by atoms with E-state index < -0.39 is 5.97 Å². The number of carboxylic acid groups (broad SMARTS) is 1. The second kappa shape index (κ2) is 11.5. The van der Waals surface area contributed by atoms with Gasteiger partial charge in [0.1, 0.15) is 17.9 Å². The molecule has 0 atom stereocenters. The highest BCUT2D eigenvalue weighted by atomic mass is 32.2. The molecular formula is C16H25NO3S. The number of nitrogens with one attached hydrogen (secondary N) is 1. The zero-order valence-corrected chi connectivity index (χ0v) is 13.5. The van der Waals surface area contributed by atoms with Gasteiger partial charge < -0.3 is 15.2 Å². The quantitative estimate of drug-likeness (QED) is 0.580. The van der Waals surface area contributed by atoms with Crippen molar-refractivity contribution in [1.82, 2.24) is 5.32 Å². The molecular weight excluding hydrogens is 286 g/mol. The van der Waals surface area contributed by atoms with Gasteiger partial charge >= 0.3 is 5.97 Å². The summed E-state index contributed by atoms with van der Waals surface area (Å²) in [6, 6.07) is 6.73. The van der Waals surface area contributed by atoms with Crippen LogP contribution in [0.3, 0.4) is 0 Å². The standard InChI is InChI=1S/C16H25NO3S/c1-21-13-7-3-2-6-10-17-11-12-20-15-9-5-4-8-14(15)16(18)19/h4-5,8-9,17H,2-3,6-7,10-13H2,1H3,(H,18,19). The van der Waals surface area contributed by atoms with Crippen LogP contribution < -0.4 is 10.1 Å². The third-order valence-electron chi connectivity index (χ3n) is 3.11. The fraction of sp³-hybridized carbons (Fsp3) is 0.562. The second-order valence-electron chi connectivity index (χ2n) is 4.81. The molecule has 0 radical (unpaired) electrons. The number of benzene rings is 1. The predicted molar refractivity (Wildman–Crippen MR) is 88.6 cm³/mol. The summed E-state index contributed by atoms with van der Waals surface area (Å²) in [5, 5.41) is 12.3. The van der Waals surface area contributed by atoms with E-state index in [0.717, 1.165) is 13.1 Å². The van der Waals surface area contributed by atoms with E-state index in [1.54, 1.807) is 24.3 Å². The number of ether oxygens (including phenoxy) is 1. The molecule has 0 heterocycles. The molecule has 118 valence electrons. The first kappa shape index (κ1) is 17.9. The van der Waals surface area contributed by atoms with Crippen LogP contribution in [0.1, 0.15) is 36.0 Å². The summed E-state index contributed by atoms with van der Waals surface area (Å²) in [6.07, 6.45) is 7.18. The largest absolute Gasteiger partial charge is 0.491 e. The molecule has 0 fully saturated rings. The number of aromatic carboxylic acids is 1. The first-order valence-electron chi connectivity index (χ1n) is 7.40. The van der Waals surface area contributed by atoms with E-state index in [0.29, 0.717) is 12.4 Å². The Bertz CT molecular complexity index is 412. The van der Waals surface area contributed by atoms with Gasteiger partial charge in [0.2, 0.25) is 0 Å². The van der Waals surface area contributed by atoms with E-state index in [9.17, 15) is 4.79 Å². The molecule has 21 heavy (non-hydrogen) atoms. The SMILES string of the molecule is CSCCCCCCNCCOc1ccccc1C(=O)O. The van der Waals surface area contributed by atoms with Gasteiger partial charge in [-0.1, -0.05) is 25.0 Å². The molecule has 4 nitrogen and oxygen atoms in total. The number of rotatable bonds is 12. The van der Waals surface area contributed by atoms with E-state index in [1.807, 2.05) is 11.8 Å². The lowest BCUT2D eigenvalue weighted by molar-refractivity contribution is 0.0692. The number of carbonyl (C=O) groups is 1. The van der Waals surface area contributed by atoms with Crippen LogP contribution in [-0.4, -0.2) is 42.8 Å². The van der Waals surface area contributed by atoms with Crippen LogP contribution in [-0.2, 0) is 0 Å². The average Bonchev–Trinajstić information content (AvgIpc) is 2.49. The Morgan fingerprint density at radius 1 is 1.19 bits per heavy atom. The van der Waals surface area contributed by atoms with Crippen LogP contribution in [0.15, 0.2) is 24.3 Å². The fourth-order valence-electron chi connectivity index (χ4n) is 1.98. The van der Waals surface area contributed by atoms with Gasteiger partial charge in [0.25, 0.3) is 0 Å². The van der Waals surface area contributed by atoms with Crippen molar-refractivity contribution in [2.45, 2.75) is 25.7 Å². The Balaban J connectivity index is 2.06. The van der Waals surface area contributed by atoms with Crippen molar-refractivity contribution in [3.8, 4) is 5.75 Å². The van der Waals surface area contributed by atoms with Crippen molar-refractivity contribution in [3.05, 3.63) is 29.8 Å². The van der Waals surface area contributed by atoms with Crippen molar-refractivity contribution < 1.29 is 14.6 Å². The molecule has 5 heteroatoms. The van der Waals surface area contributed by atoms with Gasteiger partial charge in [-0.2, -0.15) is 11.8 Å². The molecule has 0 aliphatic carbocycles. The maximum Gasteiger partial charge on any atom is 0.339 e. The summed E-state index contributed by atoms with van der Waals surface area (Å²) < 4.78 is 5.51. The highest BCUT2D eigenvalue weighted by Crippen LogP contribution is 2.17. The topological polar surface area (TPSA) is 58.6 Å². The van der Waals surface area contributed by atoms with Gasteiger partial charge in [0.15, 0.2) is 0 Å². The lowest BCUT2D eigenvalue weighted by Gasteiger charge is -2.09. The third kappa shape index (κ3) is 7.97. The molecule has 0 saturated heterocycles. The Hall–Kier alpha value is -1.20. The van der Waals surface area contributed by atoms with Crippen molar-refractivity contribution >= 4 is 17.7 Å². The zero-order valence-electron chi connectivity index (χ0n) is 12.6. The van der Waals surface area contributed by atoms with E-state index >= 15 is 0 Å². The number of carboxylic acids is 1. The van der Waals surface area contributed by atoms with Gasteiger partial charge in [0.05, 0.1) is 0 Å². The van der Waals surface area contributed by atoms with E-state index in [2.05, 4.69) is 11.6 Å². The van der Waals surface area contributed by atoms with Gasteiger partial charge in [-0.3, -0.25) is 0 Å². The van der Waals surface area contributed by atoms with Crippen molar-refractivity contribution in [1.29, 1.82) is 0 Å². The first-order chi connectivity index (χ1) is 10.3. The highest BCUT2D eigenvalue weighted by Gasteiger charge is 2.09. The molecule has 0 aromatic heterocycles. The Kier molecular flexibility index (Phi) is 9.74. The lowest BCUT2D eigenvalue weighted by Crippen LogP contribution is -2.22.